The van der Waals surface area contributed by atoms with Crippen LogP contribution in [0, 0.1) is 5.41 Å². The third-order valence-electron chi connectivity index (χ3n) is 4.86. The molecule has 0 aromatic rings. The average Bonchev–Trinajstić information content (AvgIpc) is 2.68. The molecule has 21 heavy (non-hydrogen) atoms. The van der Waals surface area contributed by atoms with Gasteiger partial charge in [0.2, 0.25) is 5.91 Å². The molecule has 6 heteroatoms. The lowest BCUT2D eigenvalue weighted by Gasteiger charge is -2.41. The van der Waals surface area contributed by atoms with Crippen LogP contribution in [0.5, 0.6) is 0 Å². The number of carbonyl (C=O) groups is 1. The maximum Gasteiger partial charge on any atom is 0.236 e. The molecule has 0 bridgehead atoms. The van der Waals surface area contributed by atoms with Crippen molar-refractivity contribution in [3.63, 3.8) is 0 Å². The first kappa shape index (κ1) is 16.6. The van der Waals surface area contributed by atoms with Gasteiger partial charge in [0.05, 0.1) is 4.99 Å². The first-order valence-corrected chi connectivity index (χ1v) is 8.29. The molecule has 0 spiro atoms. The Bertz CT molecular complexity index is 396. The Kier molecular flexibility index (Phi) is 5.57. The van der Waals surface area contributed by atoms with Crippen molar-refractivity contribution in [2.24, 2.45) is 11.1 Å². The number of rotatable bonds is 3. The van der Waals surface area contributed by atoms with Crippen LogP contribution in [0.15, 0.2) is 0 Å². The lowest BCUT2D eigenvalue weighted by Crippen LogP contribution is -2.56. The quantitative estimate of drug-likeness (QED) is 0.788. The minimum atomic E-state index is -0.691. The van der Waals surface area contributed by atoms with E-state index in [0.717, 1.165) is 32.5 Å². The molecule has 2 fully saturated rings. The van der Waals surface area contributed by atoms with Crippen molar-refractivity contribution in [2.45, 2.75) is 38.6 Å². The third kappa shape index (κ3) is 3.38. The smallest absolute Gasteiger partial charge is 0.236 e. The second-order valence-electron chi connectivity index (χ2n) is 6.24. The summed E-state index contributed by atoms with van der Waals surface area (Å²) in [5, 5.41) is 0. The standard InChI is InChI=1S/C15H27N3O2S/c1-3-12-11-17(2)7-4-8-18(12)14(19)15(13(16)21)5-9-20-10-6-15/h12H,3-11H2,1-2H3,(H2,16,21). The van der Waals surface area contributed by atoms with Crippen LogP contribution >= 0.6 is 12.2 Å². The van der Waals surface area contributed by atoms with Gasteiger partial charge in [0.25, 0.3) is 0 Å². The van der Waals surface area contributed by atoms with Gasteiger partial charge in [-0.2, -0.15) is 0 Å². The molecule has 120 valence electrons. The predicted molar refractivity (Wildman–Crippen MR) is 87.2 cm³/mol. The van der Waals surface area contributed by atoms with E-state index < -0.39 is 5.41 Å². The number of hydrogen-bond donors (Lipinski definition) is 1. The summed E-state index contributed by atoms with van der Waals surface area (Å²) < 4.78 is 5.41. The number of thiocarbonyl (C=S) groups is 1. The predicted octanol–water partition coefficient (Wildman–Crippen LogP) is 1.01. The Hall–Kier alpha value is -0.720. The summed E-state index contributed by atoms with van der Waals surface area (Å²) in [6.45, 7) is 6.02. The van der Waals surface area contributed by atoms with Gasteiger partial charge in [-0.05, 0) is 39.3 Å². The van der Waals surface area contributed by atoms with Gasteiger partial charge in [0.1, 0.15) is 5.41 Å². The number of likely N-dealkylation sites (N-methyl/N-ethyl adjacent to an activating group) is 1. The molecule has 1 amide bonds. The van der Waals surface area contributed by atoms with Crippen molar-refractivity contribution in [3.8, 4) is 0 Å². The molecule has 0 saturated carbocycles. The summed E-state index contributed by atoms with van der Waals surface area (Å²) in [7, 11) is 2.12. The Morgan fingerprint density at radius 2 is 2.05 bits per heavy atom. The third-order valence-corrected chi connectivity index (χ3v) is 5.25. The van der Waals surface area contributed by atoms with Crippen molar-refractivity contribution in [3.05, 3.63) is 0 Å². The van der Waals surface area contributed by atoms with E-state index in [1.165, 1.54) is 0 Å². The number of hydrogen-bond acceptors (Lipinski definition) is 4. The molecule has 2 aliphatic heterocycles. The molecule has 0 aromatic heterocycles. The van der Waals surface area contributed by atoms with E-state index in [-0.39, 0.29) is 11.9 Å². The molecule has 2 heterocycles. The van der Waals surface area contributed by atoms with E-state index in [0.29, 0.717) is 31.0 Å². The second kappa shape index (κ2) is 7.03. The van der Waals surface area contributed by atoms with Crippen molar-refractivity contribution in [1.82, 2.24) is 9.80 Å². The monoisotopic (exact) mass is 313 g/mol. The molecule has 2 saturated heterocycles. The van der Waals surface area contributed by atoms with E-state index in [2.05, 4.69) is 18.9 Å². The van der Waals surface area contributed by atoms with Crippen LogP contribution in [0.1, 0.15) is 32.6 Å². The number of nitrogens with zero attached hydrogens (tertiary/aromatic N) is 2. The van der Waals surface area contributed by atoms with Gasteiger partial charge in [-0.1, -0.05) is 19.1 Å². The second-order valence-corrected chi connectivity index (χ2v) is 6.67. The van der Waals surface area contributed by atoms with Crippen LogP contribution < -0.4 is 5.73 Å². The van der Waals surface area contributed by atoms with Crippen molar-refractivity contribution >= 4 is 23.1 Å². The molecule has 2 aliphatic rings. The van der Waals surface area contributed by atoms with Crippen LogP contribution in [0.4, 0.5) is 0 Å². The SMILES string of the molecule is CCC1CN(C)CCCN1C(=O)C1(C(N)=S)CCOCC1. The fourth-order valence-electron chi connectivity index (χ4n) is 3.42. The van der Waals surface area contributed by atoms with Crippen LogP contribution in [0.2, 0.25) is 0 Å². The van der Waals surface area contributed by atoms with Gasteiger partial charge in [-0.25, -0.2) is 0 Å². The fourth-order valence-corrected chi connectivity index (χ4v) is 3.71. The summed E-state index contributed by atoms with van der Waals surface area (Å²) in [5.74, 6) is 0.125. The van der Waals surface area contributed by atoms with Crippen molar-refractivity contribution in [2.75, 3.05) is 39.9 Å². The molecule has 2 N–H and O–H groups in total. The van der Waals surface area contributed by atoms with Gasteiger partial charge < -0.3 is 20.3 Å². The summed E-state index contributed by atoms with van der Waals surface area (Å²) in [6, 6.07) is 0.249. The number of nitrogens with two attached hydrogens (primary N) is 1. The molecular weight excluding hydrogens is 286 g/mol. The van der Waals surface area contributed by atoms with Gasteiger partial charge >= 0.3 is 0 Å². The maximum absolute atomic E-state index is 13.2. The molecule has 1 unspecified atom stereocenters. The van der Waals surface area contributed by atoms with E-state index in [1.54, 1.807) is 0 Å². The van der Waals surface area contributed by atoms with E-state index >= 15 is 0 Å². The van der Waals surface area contributed by atoms with Crippen LogP contribution in [0.25, 0.3) is 0 Å². The Balaban J connectivity index is 2.24. The molecule has 0 radical (unpaired) electrons. The van der Waals surface area contributed by atoms with Gasteiger partial charge in [0.15, 0.2) is 0 Å². The molecule has 0 aliphatic carbocycles. The maximum atomic E-state index is 13.2. The topological polar surface area (TPSA) is 58.8 Å². The minimum absolute atomic E-state index is 0.125. The van der Waals surface area contributed by atoms with E-state index in [4.69, 9.17) is 22.7 Å². The zero-order valence-electron chi connectivity index (χ0n) is 13.1. The summed E-state index contributed by atoms with van der Waals surface area (Å²) >= 11 is 5.27. The van der Waals surface area contributed by atoms with Crippen molar-refractivity contribution in [1.29, 1.82) is 0 Å². The van der Waals surface area contributed by atoms with Gasteiger partial charge in [0, 0.05) is 32.3 Å². The molecule has 1 atom stereocenters. The first-order valence-electron chi connectivity index (χ1n) is 7.88. The Labute approximate surface area is 132 Å². The largest absolute Gasteiger partial charge is 0.392 e. The molecule has 5 nitrogen and oxygen atoms in total. The zero-order chi connectivity index (χ0) is 15.5. The van der Waals surface area contributed by atoms with E-state index in [1.807, 2.05) is 4.90 Å². The lowest BCUT2D eigenvalue weighted by molar-refractivity contribution is -0.144. The highest BCUT2D eigenvalue weighted by Crippen LogP contribution is 2.34. The number of carbonyl (C=O) groups excluding carboxylic acids is 1. The lowest BCUT2D eigenvalue weighted by atomic mass is 9.78. The summed E-state index contributed by atoms with van der Waals surface area (Å²) in [4.78, 5) is 17.9. The molecule has 0 aromatic carbocycles. The highest BCUT2D eigenvalue weighted by atomic mass is 32.1. The molecular formula is C15H27N3O2S. The fraction of sp³-hybridized carbons (Fsp3) is 0.867. The van der Waals surface area contributed by atoms with Crippen LogP contribution in [-0.4, -0.2) is 66.6 Å². The normalized spacial score (nSPS) is 27.1. The number of ether oxygens (including phenoxy) is 1. The van der Waals surface area contributed by atoms with Crippen LogP contribution in [0.3, 0.4) is 0 Å². The minimum Gasteiger partial charge on any atom is -0.392 e. The summed E-state index contributed by atoms with van der Waals surface area (Å²) in [5.41, 5.74) is 5.29. The van der Waals surface area contributed by atoms with Crippen molar-refractivity contribution < 1.29 is 9.53 Å². The van der Waals surface area contributed by atoms with Gasteiger partial charge in [-0.15, -0.1) is 0 Å². The van der Waals surface area contributed by atoms with Gasteiger partial charge in [-0.3, -0.25) is 4.79 Å². The highest BCUT2D eigenvalue weighted by molar-refractivity contribution is 7.80. The highest BCUT2D eigenvalue weighted by Gasteiger charge is 2.46. The molecule has 2 rings (SSSR count). The van der Waals surface area contributed by atoms with E-state index in [9.17, 15) is 4.79 Å². The average molecular weight is 313 g/mol. The Morgan fingerprint density at radius 3 is 2.62 bits per heavy atom. The first-order chi connectivity index (χ1) is 10.0. The number of amides is 1. The van der Waals surface area contributed by atoms with Crippen LogP contribution in [-0.2, 0) is 9.53 Å². The Morgan fingerprint density at radius 1 is 1.38 bits per heavy atom. The summed E-state index contributed by atoms with van der Waals surface area (Å²) in [6.07, 6.45) is 3.19. The zero-order valence-corrected chi connectivity index (χ0v) is 14.0.